The predicted octanol–water partition coefficient (Wildman–Crippen LogP) is 4.78. The minimum atomic E-state index is -0.323. The zero-order valence-corrected chi connectivity index (χ0v) is 12.5. The van der Waals surface area contributed by atoms with E-state index in [1.54, 1.807) is 24.3 Å². The molecule has 4 heteroatoms. The normalized spacial score (nSPS) is 10.4. The van der Waals surface area contributed by atoms with Gasteiger partial charge in [0.2, 0.25) is 0 Å². The standard InChI is InChI=1S/C14H9Br2FO/c15-11-6-10(7-12(16)8-11)14(18)5-9-2-1-3-13(17)4-9/h1-4,6-8H,5H2. The zero-order chi connectivity index (χ0) is 13.1. The van der Waals surface area contributed by atoms with Crippen LogP contribution in [0.5, 0.6) is 0 Å². The molecule has 92 valence electrons. The Morgan fingerprint density at radius 1 is 1.06 bits per heavy atom. The molecule has 18 heavy (non-hydrogen) atoms. The maximum absolute atomic E-state index is 13.0. The predicted molar refractivity (Wildman–Crippen MR) is 76.3 cm³/mol. The van der Waals surface area contributed by atoms with Gasteiger partial charge in [0.25, 0.3) is 0 Å². The van der Waals surface area contributed by atoms with Gasteiger partial charge in [0, 0.05) is 20.9 Å². The van der Waals surface area contributed by atoms with Gasteiger partial charge in [-0.1, -0.05) is 44.0 Å². The van der Waals surface area contributed by atoms with Gasteiger partial charge in [-0.3, -0.25) is 4.79 Å². The monoisotopic (exact) mass is 370 g/mol. The van der Waals surface area contributed by atoms with Gasteiger partial charge >= 0.3 is 0 Å². The van der Waals surface area contributed by atoms with Crippen molar-refractivity contribution in [3.63, 3.8) is 0 Å². The molecule has 2 rings (SSSR count). The molecule has 0 amide bonds. The Bertz CT molecular complexity index is 576. The lowest BCUT2D eigenvalue weighted by molar-refractivity contribution is 0.0993. The summed E-state index contributed by atoms with van der Waals surface area (Å²) >= 11 is 6.67. The van der Waals surface area contributed by atoms with Crippen LogP contribution < -0.4 is 0 Å². The van der Waals surface area contributed by atoms with E-state index in [0.29, 0.717) is 11.1 Å². The second-order valence-corrected chi connectivity index (χ2v) is 5.72. The Balaban J connectivity index is 2.22. The van der Waals surface area contributed by atoms with Crippen LogP contribution in [0.3, 0.4) is 0 Å². The number of carbonyl (C=O) groups is 1. The SMILES string of the molecule is O=C(Cc1cccc(F)c1)c1cc(Br)cc(Br)c1. The first kappa shape index (κ1) is 13.4. The van der Waals surface area contributed by atoms with Gasteiger partial charge in [-0.2, -0.15) is 0 Å². The van der Waals surface area contributed by atoms with Crippen LogP contribution in [0.4, 0.5) is 4.39 Å². The molecule has 0 fully saturated rings. The number of halogens is 3. The van der Waals surface area contributed by atoms with Crippen molar-refractivity contribution in [3.8, 4) is 0 Å². The van der Waals surface area contributed by atoms with Crippen molar-refractivity contribution in [1.82, 2.24) is 0 Å². The fraction of sp³-hybridized carbons (Fsp3) is 0.0714. The van der Waals surface area contributed by atoms with E-state index >= 15 is 0 Å². The molecule has 0 aliphatic heterocycles. The lowest BCUT2D eigenvalue weighted by atomic mass is 10.0. The maximum atomic E-state index is 13.0. The Morgan fingerprint density at radius 2 is 1.72 bits per heavy atom. The van der Waals surface area contributed by atoms with E-state index in [1.807, 2.05) is 6.07 Å². The summed E-state index contributed by atoms with van der Waals surface area (Å²) in [5.74, 6) is -0.363. The summed E-state index contributed by atoms with van der Waals surface area (Å²) in [5, 5.41) is 0. The van der Waals surface area contributed by atoms with Crippen LogP contribution >= 0.6 is 31.9 Å². The van der Waals surface area contributed by atoms with E-state index in [0.717, 1.165) is 8.95 Å². The van der Waals surface area contributed by atoms with Crippen molar-refractivity contribution >= 4 is 37.6 Å². The third-order valence-electron chi connectivity index (χ3n) is 2.44. The molecule has 0 aromatic heterocycles. The van der Waals surface area contributed by atoms with Gasteiger partial charge < -0.3 is 0 Å². The Morgan fingerprint density at radius 3 is 2.33 bits per heavy atom. The van der Waals surface area contributed by atoms with Gasteiger partial charge in [0.05, 0.1) is 0 Å². The topological polar surface area (TPSA) is 17.1 Å². The summed E-state index contributed by atoms with van der Waals surface area (Å²) in [7, 11) is 0. The molecule has 0 unspecified atom stereocenters. The van der Waals surface area contributed by atoms with E-state index in [1.165, 1.54) is 12.1 Å². The first-order valence-corrected chi connectivity index (χ1v) is 6.87. The van der Waals surface area contributed by atoms with E-state index < -0.39 is 0 Å². The fourth-order valence-corrected chi connectivity index (χ4v) is 2.94. The van der Waals surface area contributed by atoms with Crippen LogP contribution in [0.2, 0.25) is 0 Å². The van der Waals surface area contributed by atoms with Gasteiger partial charge in [-0.25, -0.2) is 4.39 Å². The number of Topliss-reactive ketones (excluding diaryl/α,β-unsaturated/α-hetero) is 1. The van der Waals surface area contributed by atoms with Crippen molar-refractivity contribution in [2.24, 2.45) is 0 Å². The molecule has 0 aliphatic carbocycles. The summed E-state index contributed by atoms with van der Waals surface area (Å²) in [6, 6.07) is 11.5. The lowest BCUT2D eigenvalue weighted by Gasteiger charge is -2.03. The van der Waals surface area contributed by atoms with Gasteiger partial charge in [0.1, 0.15) is 5.82 Å². The first-order valence-electron chi connectivity index (χ1n) is 5.28. The fourth-order valence-electron chi connectivity index (χ4n) is 1.65. The van der Waals surface area contributed by atoms with Crippen LogP contribution in [0, 0.1) is 5.82 Å². The largest absolute Gasteiger partial charge is 0.294 e. The average Bonchev–Trinajstić information content (AvgIpc) is 2.27. The van der Waals surface area contributed by atoms with E-state index in [2.05, 4.69) is 31.9 Å². The minimum absolute atomic E-state index is 0.0393. The molecule has 2 aromatic carbocycles. The highest BCUT2D eigenvalue weighted by Gasteiger charge is 2.09. The third-order valence-corrected chi connectivity index (χ3v) is 3.35. The van der Waals surface area contributed by atoms with E-state index in [9.17, 15) is 9.18 Å². The molecule has 0 aliphatic rings. The van der Waals surface area contributed by atoms with Crippen LogP contribution in [-0.4, -0.2) is 5.78 Å². The summed E-state index contributed by atoms with van der Waals surface area (Å²) in [5.41, 5.74) is 1.27. The highest BCUT2D eigenvalue weighted by Crippen LogP contribution is 2.21. The molecule has 0 atom stereocenters. The van der Waals surface area contributed by atoms with E-state index in [4.69, 9.17) is 0 Å². The van der Waals surface area contributed by atoms with Crippen molar-refractivity contribution in [3.05, 3.63) is 68.4 Å². The van der Waals surface area contributed by atoms with Gasteiger partial charge in [0.15, 0.2) is 5.78 Å². The first-order chi connectivity index (χ1) is 8.54. The number of carbonyl (C=O) groups excluding carboxylic acids is 1. The molecular formula is C14H9Br2FO. The van der Waals surface area contributed by atoms with Crippen LogP contribution in [0.25, 0.3) is 0 Å². The van der Waals surface area contributed by atoms with Crippen LogP contribution in [0.1, 0.15) is 15.9 Å². The van der Waals surface area contributed by atoms with E-state index in [-0.39, 0.29) is 18.0 Å². The molecule has 2 aromatic rings. The maximum Gasteiger partial charge on any atom is 0.167 e. The zero-order valence-electron chi connectivity index (χ0n) is 9.29. The lowest BCUT2D eigenvalue weighted by Crippen LogP contribution is -2.03. The molecule has 0 radical (unpaired) electrons. The molecule has 1 nitrogen and oxygen atoms in total. The van der Waals surface area contributed by atoms with Crippen LogP contribution in [-0.2, 0) is 6.42 Å². The Hall–Kier alpha value is -1.000. The molecular weight excluding hydrogens is 363 g/mol. The summed E-state index contributed by atoms with van der Waals surface area (Å²) in [4.78, 5) is 12.1. The minimum Gasteiger partial charge on any atom is -0.294 e. The van der Waals surface area contributed by atoms with Crippen molar-refractivity contribution < 1.29 is 9.18 Å². The van der Waals surface area contributed by atoms with Crippen molar-refractivity contribution in [1.29, 1.82) is 0 Å². The highest BCUT2D eigenvalue weighted by atomic mass is 79.9. The number of hydrogen-bond acceptors (Lipinski definition) is 1. The third kappa shape index (κ3) is 3.50. The quantitative estimate of drug-likeness (QED) is 0.710. The van der Waals surface area contributed by atoms with Crippen LogP contribution in [0.15, 0.2) is 51.4 Å². The van der Waals surface area contributed by atoms with Gasteiger partial charge in [-0.15, -0.1) is 0 Å². The van der Waals surface area contributed by atoms with Crippen molar-refractivity contribution in [2.75, 3.05) is 0 Å². The molecule has 0 spiro atoms. The summed E-state index contributed by atoms with van der Waals surface area (Å²) < 4.78 is 14.7. The second-order valence-electron chi connectivity index (χ2n) is 3.89. The number of ketones is 1. The van der Waals surface area contributed by atoms with Crippen molar-refractivity contribution in [2.45, 2.75) is 6.42 Å². The Labute approximate surface area is 121 Å². The number of benzene rings is 2. The second kappa shape index (κ2) is 5.76. The molecule has 0 saturated heterocycles. The highest BCUT2D eigenvalue weighted by molar-refractivity contribution is 9.11. The Kier molecular flexibility index (Phi) is 4.30. The molecule has 0 saturated carbocycles. The summed E-state index contributed by atoms with van der Waals surface area (Å²) in [6.07, 6.45) is 0.195. The number of rotatable bonds is 3. The smallest absolute Gasteiger partial charge is 0.167 e. The molecule has 0 N–H and O–H groups in total. The molecule has 0 heterocycles. The molecule has 0 bridgehead atoms. The summed E-state index contributed by atoms with van der Waals surface area (Å²) in [6.45, 7) is 0. The van der Waals surface area contributed by atoms with Gasteiger partial charge in [-0.05, 0) is 35.9 Å². The average molecular weight is 372 g/mol. The number of hydrogen-bond donors (Lipinski definition) is 0.